The first-order valence-corrected chi connectivity index (χ1v) is 7.12. The summed E-state index contributed by atoms with van der Waals surface area (Å²) in [7, 11) is 0. The van der Waals surface area contributed by atoms with Gasteiger partial charge >= 0.3 is 0 Å². The molecule has 0 aliphatic carbocycles. The number of halogens is 1. The largest absolute Gasteiger partial charge is 0.397 e. The Morgan fingerprint density at radius 2 is 2.32 bits per heavy atom. The fourth-order valence-electron chi connectivity index (χ4n) is 1.85. The summed E-state index contributed by atoms with van der Waals surface area (Å²) < 4.78 is 0.893. The van der Waals surface area contributed by atoms with Gasteiger partial charge in [0.2, 0.25) is 0 Å². The van der Waals surface area contributed by atoms with Crippen LogP contribution in [-0.4, -0.2) is 23.7 Å². The molecule has 1 aromatic carbocycles. The molecular weight excluding hydrogens is 284 g/mol. The van der Waals surface area contributed by atoms with E-state index in [1.165, 1.54) is 11.3 Å². The van der Waals surface area contributed by atoms with E-state index in [2.05, 4.69) is 5.32 Å². The average Bonchev–Trinajstić information content (AvgIpc) is 2.68. The van der Waals surface area contributed by atoms with Crippen molar-refractivity contribution in [3.05, 3.63) is 28.1 Å². The molecule has 1 amide bonds. The van der Waals surface area contributed by atoms with Crippen LogP contribution in [0.2, 0.25) is 5.02 Å². The zero-order valence-electron chi connectivity index (χ0n) is 10.4. The van der Waals surface area contributed by atoms with Gasteiger partial charge in [0.15, 0.2) is 0 Å². The van der Waals surface area contributed by atoms with E-state index in [1.807, 2.05) is 19.1 Å². The number of fused-ring (bicyclic) bond motifs is 1. The number of rotatable bonds is 4. The second-order valence-corrected chi connectivity index (χ2v) is 5.80. The van der Waals surface area contributed by atoms with E-state index in [0.717, 1.165) is 10.1 Å². The van der Waals surface area contributed by atoms with Crippen LogP contribution in [-0.2, 0) is 0 Å². The highest BCUT2D eigenvalue weighted by molar-refractivity contribution is 7.21. The first-order chi connectivity index (χ1) is 9.04. The number of nitrogen functional groups attached to an aromatic ring is 1. The van der Waals surface area contributed by atoms with Gasteiger partial charge in [-0.25, -0.2) is 0 Å². The molecule has 0 bridgehead atoms. The Balaban J connectivity index is 2.33. The Morgan fingerprint density at radius 3 is 2.95 bits per heavy atom. The number of hydrogen-bond donors (Lipinski definition) is 3. The van der Waals surface area contributed by atoms with Crippen LogP contribution in [0, 0.1) is 0 Å². The minimum Gasteiger partial charge on any atom is -0.397 e. The molecule has 1 unspecified atom stereocenters. The first kappa shape index (κ1) is 14.1. The SMILES string of the molecule is CC(CCO)NC(=O)c1sc2cccc(Cl)c2c1N. The molecule has 2 aromatic rings. The van der Waals surface area contributed by atoms with Gasteiger partial charge in [-0.1, -0.05) is 17.7 Å². The van der Waals surface area contributed by atoms with Gasteiger partial charge in [0.05, 0.1) is 10.7 Å². The number of carbonyl (C=O) groups excluding carboxylic acids is 1. The van der Waals surface area contributed by atoms with Crippen LogP contribution in [0.15, 0.2) is 18.2 Å². The highest BCUT2D eigenvalue weighted by Crippen LogP contribution is 2.37. The van der Waals surface area contributed by atoms with Crippen LogP contribution in [0.3, 0.4) is 0 Å². The van der Waals surface area contributed by atoms with E-state index in [9.17, 15) is 4.79 Å². The Kier molecular flexibility index (Phi) is 4.29. The van der Waals surface area contributed by atoms with Gasteiger partial charge in [0.1, 0.15) is 4.88 Å². The minimum atomic E-state index is -0.226. The summed E-state index contributed by atoms with van der Waals surface area (Å²) in [6, 6.07) is 5.37. The molecule has 19 heavy (non-hydrogen) atoms. The van der Waals surface area contributed by atoms with E-state index in [4.69, 9.17) is 22.4 Å². The number of carbonyl (C=O) groups is 1. The molecule has 6 heteroatoms. The second-order valence-electron chi connectivity index (χ2n) is 4.34. The van der Waals surface area contributed by atoms with Crippen LogP contribution in [0.1, 0.15) is 23.0 Å². The van der Waals surface area contributed by atoms with Gasteiger partial charge in [-0.2, -0.15) is 0 Å². The lowest BCUT2D eigenvalue weighted by atomic mass is 10.2. The molecule has 0 fully saturated rings. The van der Waals surface area contributed by atoms with Crippen molar-refractivity contribution >= 4 is 44.6 Å². The van der Waals surface area contributed by atoms with Gasteiger partial charge in [-0.15, -0.1) is 11.3 Å². The third-order valence-electron chi connectivity index (χ3n) is 2.85. The predicted molar refractivity (Wildman–Crippen MR) is 79.9 cm³/mol. The number of hydrogen-bond acceptors (Lipinski definition) is 4. The molecule has 0 saturated carbocycles. The first-order valence-electron chi connectivity index (χ1n) is 5.92. The van der Waals surface area contributed by atoms with Crippen molar-refractivity contribution in [2.24, 2.45) is 0 Å². The summed E-state index contributed by atoms with van der Waals surface area (Å²) >= 11 is 7.42. The molecule has 2 rings (SSSR count). The predicted octanol–water partition coefficient (Wildman–Crippen LogP) is 2.64. The smallest absolute Gasteiger partial charge is 0.263 e. The van der Waals surface area contributed by atoms with E-state index in [0.29, 0.717) is 22.0 Å². The third-order valence-corrected chi connectivity index (χ3v) is 4.33. The molecule has 1 aromatic heterocycles. The van der Waals surface area contributed by atoms with Crippen molar-refractivity contribution in [1.82, 2.24) is 5.32 Å². The molecule has 4 nitrogen and oxygen atoms in total. The second kappa shape index (κ2) is 5.77. The Hall–Kier alpha value is -1.30. The normalized spacial score (nSPS) is 12.6. The molecule has 0 spiro atoms. The summed E-state index contributed by atoms with van der Waals surface area (Å²) in [5, 5.41) is 12.9. The lowest BCUT2D eigenvalue weighted by Crippen LogP contribution is -2.33. The Labute approximate surface area is 120 Å². The van der Waals surface area contributed by atoms with Crippen LogP contribution in [0.4, 0.5) is 5.69 Å². The van der Waals surface area contributed by atoms with Gasteiger partial charge in [0, 0.05) is 22.7 Å². The van der Waals surface area contributed by atoms with Crippen molar-refractivity contribution in [1.29, 1.82) is 0 Å². The molecule has 4 N–H and O–H groups in total. The molecule has 0 saturated heterocycles. The fraction of sp³-hybridized carbons (Fsp3) is 0.308. The topological polar surface area (TPSA) is 75.3 Å². The maximum absolute atomic E-state index is 12.1. The van der Waals surface area contributed by atoms with Crippen molar-refractivity contribution < 1.29 is 9.90 Å². The van der Waals surface area contributed by atoms with E-state index < -0.39 is 0 Å². The summed E-state index contributed by atoms with van der Waals surface area (Å²) in [5.41, 5.74) is 6.42. The summed E-state index contributed by atoms with van der Waals surface area (Å²) in [5.74, 6) is -0.226. The Morgan fingerprint density at radius 1 is 1.58 bits per heavy atom. The number of anilines is 1. The number of nitrogens with one attached hydrogen (secondary N) is 1. The summed E-state index contributed by atoms with van der Waals surface area (Å²) in [4.78, 5) is 12.6. The van der Waals surface area contributed by atoms with Crippen LogP contribution in [0.25, 0.3) is 10.1 Å². The average molecular weight is 299 g/mol. The van der Waals surface area contributed by atoms with Gasteiger partial charge in [-0.3, -0.25) is 4.79 Å². The third kappa shape index (κ3) is 2.83. The molecule has 1 heterocycles. The molecule has 1 atom stereocenters. The number of aliphatic hydroxyl groups excluding tert-OH is 1. The lowest BCUT2D eigenvalue weighted by Gasteiger charge is -2.11. The highest BCUT2D eigenvalue weighted by Gasteiger charge is 2.19. The van der Waals surface area contributed by atoms with Gasteiger partial charge in [-0.05, 0) is 25.5 Å². The quantitative estimate of drug-likeness (QED) is 0.812. The lowest BCUT2D eigenvalue weighted by molar-refractivity contribution is 0.0939. The minimum absolute atomic E-state index is 0.0369. The molecule has 102 valence electrons. The van der Waals surface area contributed by atoms with Gasteiger partial charge < -0.3 is 16.2 Å². The van der Waals surface area contributed by atoms with Gasteiger partial charge in [0.25, 0.3) is 5.91 Å². The van der Waals surface area contributed by atoms with E-state index in [-0.39, 0.29) is 18.6 Å². The van der Waals surface area contributed by atoms with E-state index >= 15 is 0 Å². The monoisotopic (exact) mass is 298 g/mol. The van der Waals surface area contributed by atoms with E-state index in [1.54, 1.807) is 6.07 Å². The zero-order valence-corrected chi connectivity index (χ0v) is 12.0. The molecule has 0 aliphatic rings. The standard InChI is InChI=1S/C13H15ClN2O2S/c1-7(5-6-17)16-13(18)12-11(15)10-8(14)3-2-4-9(10)19-12/h2-4,7,17H,5-6,15H2,1H3,(H,16,18). The maximum Gasteiger partial charge on any atom is 0.263 e. The van der Waals surface area contributed by atoms with Crippen molar-refractivity contribution in [3.8, 4) is 0 Å². The molecule has 0 aliphatic heterocycles. The zero-order chi connectivity index (χ0) is 14.0. The molecule has 0 radical (unpaired) electrons. The number of thiophene rings is 1. The molecular formula is C13H15ClN2O2S. The Bertz CT molecular complexity index is 612. The number of benzene rings is 1. The van der Waals surface area contributed by atoms with Crippen LogP contribution < -0.4 is 11.1 Å². The number of nitrogens with two attached hydrogens (primary N) is 1. The highest BCUT2D eigenvalue weighted by atomic mass is 35.5. The van der Waals surface area contributed by atoms with Crippen molar-refractivity contribution in [2.75, 3.05) is 12.3 Å². The number of amides is 1. The van der Waals surface area contributed by atoms with Crippen molar-refractivity contribution in [2.45, 2.75) is 19.4 Å². The number of aliphatic hydroxyl groups is 1. The maximum atomic E-state index is 12.1. The van der Waals surface area contributed by atoms with Crippen LogP contribution in [0.5, 0.6) is 0 Å². The van der Waals surface area contributed by atoms with Crippen LogP contribution >= 0.6 is 22.9 Å². The summed E-state index contributed by atoms with van der Waals surface area (Å²) in [6.45, 7) is 1.87. The fourth-order valence-corrected chi connectivity index (χ4v) is 3.24. The summed E-state index contributed by atoms with van der Waals surface area (Å²) in [6.07, 6.45) is 0.511. The van der Waals surface area contributed by atoms with Crippen molar-refractivity contribution in [3.63, 3.8) is 0 Å².